The number of hydrogen-bond acceptors (Lipinski definition) is 4. The number of aromatic nitrogens is 3. The summed E-state index contributed by atoms with van der Waals surface area (Å²) in [6.45, 7) is 3.19. The Morgan fingerprint density at radius 3 is 2.74 bits per heavy atom. The molecule has 2 heterocycles. The van der Waals surface area contributed by atoms with Crippen LogP contribution in [-0.2, 0) is 19.4 Å². The van der Waals surface area contributed by atoms with E-state index in [0.29, 0.717) is 31.0 Å². The Kier molecular flexibility index (Phi) is 6.49. The summed E-state index contributed by atoms with van der Waals surface area (Å²) in [6.07, 6.45) is 10.0. The summed E-state index contributed by atoms with van der Waals surface area (Å²) in [5, 5.41) is 7.36. The van der Waals surface area contributed by atoms with Crippen molar-refractivity contribution in [2.75, 3.05) is 11.9 Å². The van der Waals surface area contributed by atoms with E-state index < -0.39 is 0 Å². The predicted molar refractivity (Wildman–Crippen MR) is 140 cm³/mol. The molecular formula is C29H29N5O. The summed E-state index contributed by atoms with van der Waals surface area (Å²) in [5.41, 5.74) is 6.06. The summed E-state index contributed by atoms with van der Waals surface area (Å²) >= 11 is 0. The highest BCUT2D eigenvalue weighted by Gasteiger charge is 2.21. The number of fused-ring (bicyclic) bond motifs is 2. The van der Waals surface area contributed by atoms with Crippen molar-refractivity contribution in [2.45, 2.75) is 45.6 Å². The summed E-state index contributed by atoms with van der Waals surface area (Å²) in [7, 11) is 0. The van der Waals surface area contributed by atoms with Gasteiger partial charge in [0.25, 0.3) is 5.91 Å². The number of terminal acetylenes is 1. The number of carbonyl (C=O) groups is 1. The largest absolute Gasteiger partial charge is 0.366 e. The zero-order valence-corrected chi connectivity index (χ0v) is 20.0. The molecule has 4 aromatic rings. The van der Waals surface area contributed by atoms with Gasteiger partial charge in [-0.3, -0.25) is 9.36 Å². The fourth-order valence-electron chi connectivity index (χ4n) is 4.78. The van der Waals surface area contributed by atoms with E-state index in [-0.39, 0.29) is 5.91 Å². The average molecular weight is 464 g/mol. The molecule has 6 heteroatoms. The van der Waals surface area contributed by atoms with E-state index in [1.165, 1.54) is 11.1 Å². The number of aryl methyl sites for hydroxylation is 2. The van der Waals surface area contributed by atoms with Gasteiger partial charge in [-0.25, -0.2) is 4.98 Å². The highest BCUT2D eigenvalue weighted by Crippen LogP contribution is 2.30. The lowest BCUT2D eigenvalue weighted by Gasteiger charge is -2.21. The van der Waals surface area contributed by atoms with Crippen LogP contribution < -0.4 is 10.6 Å². The van der Waals surface area contributed by atoms with Gasteiger partial charge >= 0.3 is 0 Å². The van der Waals surface area contributed by atoms with E-state index >= 15 is 0 Å². The summed E-state index contributed by atoms with van der Waals surface area (Å²) in [6, 6.07) is 18.1. The zero-order valence-electron chi connectivity index (χ0n) is 20.0. The maximum absolute atomic E-state index is 12.8. The van der Waals surface area contributed by atoms with Crippen molar-refractivity contribution in [3.8, 4) is 18.3 Å². The van der Waals surface area contributed by atoms with Crippen LogP contribution in [0.4, 0.5) is 5.82 Å². The van der Waals surface area contributed by atoms with Gasteiger partial charge in [-0.15, -0.1) is 12.3 Å². The fraction of sp³-hybridized carbons (Fsp3) is 0.276. The van der Waals surface area contributed by atoms with Crippen LogP contribution in [0.25, 0.3) is 16.9 Å². The van der Waals surface area contributed by atoms with Gasteiger partial charge in [0.2, 0.25) is 5.95 Å². The van der Waals surface area contributed by atoms with Gasteiger partial charge in [0.1, 0.15) is 5.82 Å². The monoisotopic (exact) mass is 463 g/mol. The molecule has 5 rings (SSSR count). The second-order valence-electron chi connectivity index (χ2n) is 8.91. The third-order valence-corrected chi connectivity index (χ3v) is 6.50. The van der Waals surface area contributed by atoms with Crippen LogP contribution in [0.5, 0.6) is 0 Å². The molecule has 2 N–H and O–H groups in total. The number of rotatable bonds is 7. The van der Waals surface area contributed by atoms with Gasteiger partial charge in [0.15, 0.2) is 0 Å². The lowest BCUT2D eigenvalue weighted by Crippen LogP contribution is -2.24. The maximum Gasteiger partial charge on any atom is 0.252 e. The lowest BCUT2D eigenvalue weighted by molar-refractivity contribution is 0.0956. The molecule has 0 radical (unpaired) electrons. The fourth-order valence-corrected chi connectivity index (χ4v) is 4.78. The van der Waals surface area contributed by atoms with Crippen molar-refractivity contribution < 1.29 is 4.79 Å². The number of anilines is 1. The number of hydrogen-bond donors (Lipinski definition) is 2. The van der Waals surface area contributed by atoms with Crippen LogP contribution in [0.2, 0.25) is 0 Å². The molecule has 176 valence electrons. The third kappa shape index (κ3) is 4.63. The molecule has 0 aliphatic heterocycles. The van der Waals surface area contributed by atoms with Crippen LogP contribution in [0, 0.1) is 19.3 Å². The molecule has 1 amide bonds. The standard InChI is InChI=1S/C29H29N5O/c1-3-4-17-30-28(35)22-14-10-16-26-24(22)18-20(2)34(26)29-32-25-15-9-8-13-23(25)27(33-29)31-19-21-11-6-5-7-12-21/h1,5-7,10-12,14,16,18H,4,8-9,13,15,17,19H2,2H3,(H,30,35)(H,31,32,33). The van der Waals surface area contributed by atoms with Gasteiger partial charge in [-0.05, 0) is 56.4 Å². The van der Waals surface area contributed by atoms with Gasteiger partial charge in [0, 0.05) is 41.7 Å². The minimum atomic E-state index is -0.125. The molecule has 2 aromatic heterocycles. The van der Waals surface area contributed by atoms with E-state index in [4.69, 9.17) is 16.4 Å². The van der Waals surface area contributed by atoms with Crippen LogP contribution in [0.15, 0.2) is 54.6 Å². The quantitative estimate of drug-likeness (QED) is 0.300. The third-order valence-electron chi connectivity index (χ3n) is 6.50. The summed E-state index contributed by atoms with van der Waals surface area (Å²) in [4.78, 5) is 22.8. The highest BCUT2D eigenvalue weighted by molar-refractivity contribution is 6.07. The molecule has 35 heavy (non-hydrogen) atoms. The smallest absolute Gasteiger partial charge is 0.252 e. The first kappa shape index (κ1) is 22.7. The molecular weight excluding hydrogens is 434 g/mol. The lowest BCUT2D eigenvalue weighted by atomic mass is 9.96. The molecule has 1 aliphatic rings. The minimum Gasteiger partial charge on any atom is -0.366 e. The van der Waals surface area contributed by atoms with Crippen LogP contribution in [0.1, 0.15) is 52.1 Å². The molecule has 0 spiro atoms. The van der Waals surface area contributed by atoms with E-state index in [2.05, 4.69) is 33.3 Å². The van der Waals surface area contributed by atoms with Crippen LogP contribution in [-0.4, -0.2) is 27.0 Å². The molecule has 0 fully saturated rings. The molecule has 0 saturated carbocycles. The second kappa shape index (κ2) is 10.0. The SMILES string of the molecule is C#CCCNC(=O)c1cccc2c1cc(C)n2-c1nc2c(c(NCc3ccccc3)n1)CCCC2. The first-order valence-electron chi connectivity index (χ1n) is 12.2. The van der Waals surface area contributed by atoms with E-state index in [0.717, 1.165) is 53.8 Å². The molecule has 0 bridgehead atoms. The maximum atomic E-state index is 12.8. The highest BCUT2D eigenvalue weighted by atomic mass is 16.1. The molecule has 1 aliphatic carbocycles. The minimum absolute atomic E-state index is 0.125. The first-order chi connectivity index (χ1) is 17.2. The Morgan fingerprint density at radius 2 is 1.91 bits per heavy atom. The van der Waals surface area contributed by atoms with Crippen LogP contribution in [0.3, 0.4) is 0 Å². The van der Waals surface area contributed by atoms with Crippen molar-refractivity contribution in [3.05, 3.63) is 82.7 Å². The van der Waals surface area contributed by atoms with Gasteiger partial charge in [-0.2, -0.15) is 4.98 Å². The number of benzene rings is 2. The Bertz CT molecular complexity index is 1410. The average Bonchev–Trinajstić information content (AvgIpc) is 3.23. The van der Waals surface area contributed by atoms with Crippen molar-refractivity contribution in [3.63, 3.8) is 0 Å². The second-order valence-corrected chi connectivity index (χ2v) is 8.91. The summed E-state index contributed by atoms with van der Waals surface area (Å²) in [5.74, 6) is 3.97. The van der Waals surface area contributed by atoms with Crippen molar-refractivity contribution >= 4 is 22.6 Å². The Hall–Kier alpha value is -4.11. The zero-order chi connectivity index (χ0) is 24.2. The van der Waals surface area contributed by atoms with E-state index in [9.17, 15) is 4.79 Å². The van der Waals surface area contributed by atoms with Gasteiger partial charge in [-0.1, -0.05) is 36.4 Å². The molecule has 0 saturated heterocycles. The molecule has 2 aromatic carbocycles. The normalized spacial score (nSPS) is 12.7. The number of amides is 1. The van der Waals surface area contributed by atoms with Crippen molar-refractivity contribution in [2.24, 2.45) is 0 Å². The van der Waals surface area contributed by atoms with Crippen molar-refractivity contribution in [1.29, 1.82) is 0 Å². The summed E-state index contributed by atoms with van der Waals surface area (Å²) < 4.78 is 2.05. The Balaban J connectivity index is 1.55. The molecule has 6 nitrogen and oxygen atoms in total. The first-order valence-corrected chi connectivity index (χ1v) is 12.2. The van der Waals surface area contributed by atoms with E-state index in [1.807, 2.05) is 49.4 Å². The van der Waals surface area contributed by atoms with Crippen LogP contribution >= 0.6 is 0 Å². The topological polar surface area (TPSA) is 71.8 Å². The predicted octanol–water partition coefficient (Wildman–Crippen LogP) is 4.97. The molecule has 0 atom stereocenters. The Labute approximate surface area is 205 Å². The number of nitrogens with one attached hydrogen (secondary N) is 2. The van der Waals surface area contributed by atoms with E-state index in [1.54, 1.807) is 0 Å². The Morgan fingerprint density at radius 1 is 1.09 bits per heavy atom. The number of nitrogens with zero attached hydrogens (tertiary/aromatic N) is 3. The molecule has 0 unspecified atom stereocenters. The van der Waals surface area contributed by atoms with Crippen molar-refractivity contribution in [1.82, 2.24) is 19.9 Å². The van der Waals surface area contributed by atoms with Gasteiger partial charge in [0.05, 0.1) is 11.2 Å². The number of carbonyl (C=O) groups excluding carboxylic acids is 1. The van der Waals surface area contributed by atoms with Gasteiger partial charge < -0.3 is 10.6 Å².